The fourth-order valence-corrected chi connectivity index (χ4v) is 3.84. The van der Waals surface area contributed by atoms with Crippen LogP contribution >= 0.6 is 23.1 Å². The third-order valence-corrected chi connectivity index (χ3v) is 5.48. The van der Waals surface area contributed by atoms with Crippen molar-refractivity contribution in [2.24, 2.45) is 0 Å². The molecule has 4 nitrogen and oxygen atoms in total. The number of carbonyl (C=O) groups excluding carboxylic acids is 1. The van der Waals surface area contributed by atoms with Gasteiger partial charge < -0.3 is 10.4 Å². The van der Waals surface area contributed by atoms with Gasteiger partial charge in [-0.05, 0) is 25.0 Å². The van der Waals surface area contributed by atoms with Crippen molar-refractivity contribution in [3.05, 3.63) is 46.5 Å². The summed E-state index contributed by atoms with van der Waals surface area (Å²) in [6, 6.07) is 6.92. The number of thioether (sulfide) groups is 1. The molecule has 0 saturated heterocycles. The van der Waals surface area contributed by atoms with Crippen LogP contribution in [0.15, 0.2) is 34.0 Å². The van der Waals surface area contributed by atoms with Crippen molar-refractivity contribution in [1.82, 2.24) is 10.3 Å². The molecule has 0 aliphatic carbocycles. The van der Waals surface area contributed by atoms with Gasteiger partial charge in [-0.25, -0.2) is 4.98 Å². The molecule has 0 radical (unpaired) electrons. The third-order valence-electron chi connectivity index (χ3n) is 3.29. The Balaban J connectivity index is 1.93. The van der Waals surface area contributed by atoms with Gasteiger partial charge in [0.25, 0.3) is 5.91 Å². The molecule has 0 saturated carbocycles. The summed E-state index contributed by atoms with van der Waals surface area (Å²) < 4.78 is 37.7. The number of nitrogens with zero attached hydrogens (tertiary/aromatic N) is 1. The summed E-state index contributed by atoms with van der Waals surface area (Å²) >= 11 is 3.02. The molecular weight excluding hydrogens is 373 g/mol. The molecule has 2 aromatic rings. The standard InChI is InChI=1S/C16H17F3N2O2S2/c1-10-8-24-15(21-10)25-9-11-4-2-3-5-12(11)14(23)20-7-6-13(22)16(17,18)19/h2-5,8,13,22H,6-7,9H2,1H3,(H,20,23)/t13-/m0/s1. The number of alkyl halides is 3. The summed E-state index contributed by atoms with van der Waals surface area (Å²) in [6.07, 6.45) is -7.69. The molecule has 2 N–H and O–H groups in total. The molecule has 2 rings (SSSR count). The smallest absolute Gasteiger partial charge is 0.384 e. The zero-order valence-electron chi connectivity index (χ0n) is 13.3. The SMILES string of the molecule is Cc1csc(SCc2ccccc2C(=O)NCC[C@H](O)C(F)(F)F)n1. The van der Waals surface area contributed by atoms with Crippen molar-refractivity contribution in [2.45, 2.75) is 35.7 Å². The van der Waals surface area contributed by atoms with Crippen molar-refractivity contribution in [3.8, 4) is 0 Å². The molecule has 0 fully saturated rings. The largest absolute Gasteiger partial charge is 0.414 e. The Bertz CT molecular complexity index is 719. The first-order valence-corrected chi connectivity index (χ1v) is 9.29. The van der Waals surface area contributed by atoms with Gasteiger partial charge in [0.2, 0.25) is 0 Å². The van der Waals surface area contributed by atoms with Crippen molar-refractivity contribution in [1.29, 1.82) is 0 Å². The second-order valence-corrected chi connectivity index (χ2v) is 7.38. The molecule has 1 atom stereocenters. The van der Waals surface area contributed by atoms with Crippen LogP contribution in [0.25, 0.3) is 0 Å². The Morgan fingerprint density at radius 3 is 2.76 bits per heavy atom. The Morgan fingerprint density at radius 1 is 1.40 bits per heavy atom. The van der Waals surface area contributed by atoms with Crippen molar-refractivity contribution >= 4 is 29.0 Å². The number of aliphatic hydroxyl groups is 1. The number of hydrogen-bond donors (Lipinski definition) is 2. The molecule has 1 aromatic carbocycles. The monoisotopic (exact) mass is 390 g/mol. The van der Waals surface area contributed by atoms with Crippen LogP contribution in [0.2, 0.25) is 0 Å². The van der Waals surface area contributed by atoms with E-state index in [1.807, 2.05) is 12.3 Å². The zero-order chi connectivity index (χ0) is 18.4. The minimum absolute atomic E-state index is 0.257. The minimum atomic E-state index is -4.68. The summed E-state index contributed by atoms with van der Waals surface area (Å²) in [5.41, 5.74) is 2.11. The molecule has 0 aliphatic rings. The maximum atomic E-state index is 12.3. The number of halogens is 3. The Morgan fingerprint density at radius 2 is 2.12 bits per heavy atom. The minimum Gasteiger partial charge on any atom is -0.384 e. The van der Waals surface area contributed by atoms with Crippen molar-refractivity contribution in [3.63, 3.8) is 0 Å². The van der Waals surface area contributed by atoms with Crippen LogP contribution in [0.4, 0.5) is 13.2 Å². The maximum absolute atomic E-state index is 12.3. The van der Waals surface area contributed by atoms with Gasteiger partial charge in [0.05, 0.1) is 0 Å². The fraction of sp³-hybridized carbons (Fsp3) is 0.375. The van der Waals surface area contributed by atoms with E-state index >= 15 is 0 Å². The topological polar surface area (TPSA) is 62.2 Å². The zero-order valence-corrected chi connectivity index (χ0v) is 15.0. The summed E-state index contributed by atoms with van der Waals surface area (Å²) in [6.45, 7) is 1.64. The number of rotatable bonds is 7. The van der Waals surface area contributed by atoms with Crippen LogP contribution in [0, 0.1) is 6.92 Å². The molecule has 1 heterocycles. The summed E-state index contributed by atoms with van der Waals surface area (Å²) in [5.74, 6) is 0.0720. The van der Waals surface area contributed by atoms with E-state index in [-0.39, 0.29) is 6.54 Å². The van der Waals surface area contributed by atoms with E-state index in [9.17, 15) is 18.0 Å². The van der Waals surface area contributed by atoms with Gasteiger partial charge in [-0.2, -0.15) is 13.2 Å². The molecule has 9 heteroatoms. The van der Waals surface area contributed by atoms with E-state index in [0.29, 0.717) is 11.3 Å². The van der Waals surface area contributed by atoms with E-state index < -0.39 is 24.6 Å². The number of aryl methyl sites for hydroxylation is 1. The van der Waals surface area contributed by atoms with E-state index in [1.54, 1.807) is 24.3 Å². The Labute approximate surface area is 151 Å². The first-order chi connectivity index (χ1) is 11.8. The molecule has 0 aliphatic heterocycles. The molecule has 25 heavy (non-hydrogen) atoms. The lowest BCUT2D eigenvalue weighted by molar-refractivity contribution is -0.204. The van der Waals surface area contributed by atoms with Crippen LogP contribution in [0.1, 0.15) is 28.0 Å². The number of nitrogens with one attached hydrogen (secondary N) is 1. The third kappa shape index (κ3) is 6.02. The number of hydrogen-bond acceptors (Lipinski definition) is 5. The van der Waals surface area contributed by atoms with Crippen LogP contribution in [0.5, 0.6) is 0 Å². The molecule has 1 aromatic heterocycles. The summed E-state index contributed by atoms with van der Waals surface area (Å²) in [5, 5.41) is 13.3. The summed E-state index contributed by atoms with van der Waals surface area (Å²) in [7, 11) is 0. The van der Waals surface area contributed by atoms with Crippen LogP contribution < -0.4 is 5.32 Å². The lowest BCUT2D eigenvalue weighted by Gasteiger charge is -2.15. The van der Waals surface area contributed by atoms with Gasteiger partial charge in [0.15, 0.2) is 6.10 Å². The van der Waals surface area contributed by atoms with Gasteiger partial charge >= 0.3 is 6.18 Å². The van der Waals surface area contributed by atoms with E-state index in [4.69, 9.17) is 5.11 Å². The highest BCUT2D eigenvalue weighted by Crippen LogP contribution is 2.27. The summed E-state index contributed by atoms with van der Waals surface area (Å²) in [4.78, 5) is 16.6. The molecule has 0 spiro atoms. The number of aromatic nitrogens is 1. The number of amides is 1. The molecule has 136 valence electrons. The van der Waals surface area contributed by atoms with E-state index in [0.717, 1.165) is 15.6 Å². The predicted molar refractivity (Wildman–Crippen MR) is 91.9 cm³/mol. The van der Waals surface area contributed by atoms with Crippen LogP contribution in [0.3, 0.4) is 0 Å². The molecule has 0 unspecified atom stereocenters. The average molecular weight is 390 g/mol. The van der Waals surface area contributed by atoms with Crippen molar-refractivity contribution in [2.75, 3.05) is 6.54 Å². The molecule has 1 amide bonds. The molecular formula is C16H17F3N2O2S2. The average Bonchev–Trinajstić information content (AvgIpc) is 2.97. The van der Waals surface area contributed by atoms with Gasteiger partial charge in [-0.15, -0.1) is 11.3 Å². The highest BCUT2D eigenvalue weighted by molar-refractivity contribution is 8.00. The number of thiazole rings is 1. The Kier molecular flexibility index (Phi) is 6.86. The number of aliphatic hydroxyl groups excluding tert-OH is 1. The van der Waals surface area contributed by atoms with Crippen LogP contribution in [-0.4, -0.2) is 34.8 Å². The predicted octanol–water partition coefficient (Wildman–Crippen LogP) is 3.79. The van der Waals surface area contributed by atoms with Gasteiger partial charge in [-0.3, -0.25) is 4.79 Å². The lowest BCUT2D eigenvalue weighted by Crippen LogP contribution is -2.34. The van der Waals surface area contributed by atoms with E-state index in [1.165, 1.54) is 23.1 Å². The van der Waals surface area contributed by atoms with Gasteiger partial charge in [0, 0.05) is 28.9 Å². The Hall–Kier alpha value is -1.58. The first kappa shape index (κ1) is 19.7. The second-order valence-electron chi connectivity index (χ2n) is 5.30. The highest BCUT2D eigenvalue weighted by Gasteiger charge is 2.37. The maximum Gasteiger partial charge on any atom is 0.414 e. The quantitative estimate of drug-likeness (QED) is 0.706. The van der Waals surface area contributed by atoms with Crippen molar-refractivity contribution < 1.29 is 23.1 Å². The van der Waals surface area contributed by atoms with Crippen LogP contribution in [-0.2, 0) is 5.75 Å². The lowest BCUT2D eigenvalue weighted by atomic mass is 10.1. The fourth-order valence-electron chi connectivity index (χ4n) is 1.99. The number of benzene rings is 1. The van der Waals surface area contributed by atoms with Gasteiger partial charge in [0.1, 0.15) is 4.34 Å². The highest BCUT2D eigenvalue weighted by atomic mass is 32.2. The number of carbonyl (C=O) groups is 1. The normalized spacial score (nSPS) is 12.8. The first-order valence-electron chi connectivity index (χ1n) is 7.43. The van der Waals surface area contributed by atoms with Gasteiger partial charge in [-0.1, -0.05) is 30.0 Å². The second kappa shape index (κ2) is 8.68. The molecule has 0 bridgehead atoms. The van der Waals surface area contributed by atoms with E-state index in [2.05, 4.69) is 10.3 Å².